The lowest BCUT2D eigenvalue weighted by Crippen LogP contribution is -2.43. The van der Waals surface area contributed by atoms with Crippen LogP contribution in [0.1, 0.15) is 38.5 Å². The second-order valence-corrected chi connectivity index (χ2v) is 6.23. The Morgan fingerprint density at radius 2 is 1.92 bits per heavy atom. The first-order valence-electron chi connectivity index (χ1n) is 8.58. The third-order valence-corrected chi connectivity index (χ3v) is 4.56. The quantitative estimate of drug-likeness (QED) is 0.766. The van der Waals surface area contributed by atoms with Crippen LogP contribution in [0.4, 0.5) is 10.5 Å². The summed E-state index contributed by atoms with van der Waals surface area (Å²) in [6, 6.07) is 6.79. The molecule has 0 aromatic heterocycles. The number of nitrogens with two attached hydrogens (primary N) is 1. The minimum atomic E-state index is -0.678. The number of nitrogens with zero attached hydrogens (tertiary/aromatic N) is 1. The smallest absolute Gasteiger partial charge is 0.321 e. The van der Waals surface area contributed by atoms with E-state index in [2.05, 4.69) is 5.32 Å². The molecule has 1 aromatic rings. The number of amides is 3. The van der Waals surface area contributed by atoms with E-state index in [0.29, 0.717) is 18.9 Å². The number of methoxy groups -OCH3 is 1. The van der Waals surface area contributed by atoms with E-state index in [0.717, 1.165) is 22.8 Å². The van der Waals surface area contributed by atoms with Crippen molar-refractivity contribution < 1.29 is 14.3 Å². The molecule has 0 unspecified atom stereocenters. The van der Waals surface area contributed by atoms with Gasteiger partial charge in [-0.15, -0.1) is 0 Å². The Balaban J connectivity index is 1.76. The van der Waals surface area contributed by atoms with E-state index in [1.165, 1.54) is 25.7 Å². The van der Waals surface area contributed by atoms with Gasteiger partial charge in [0, 0.05) is 25.2 Å². The Morgan fingerprint density at radius 1 is 1.25 bits per heavy atom. The second kappa shape index (κ2) is 9.15. The van der Waals surface area contributed by atoms with E-state index in [9.17, 15) is 9.59 Å². The molecular formula is C18H27N3O3. The van der Waals surface area contributed by atoms with Crippen molar-refractivity contribution in [1.82, 2.24) is 4.90 Å². The Labute approximate surface area is 143 Å². The summed E-state index contributed by atoms with van der Waals surface area (Å²) < 4.78 is 5.10. The maximum absolute atomic E-state index is 12.2. The van der Waals surface area contributed by atoms with Crippen molar-refractivity contribution in [3.63, 3.8) is 0 Å². The lowest BCUT2D eigenvalue weighted by molar-refractivity contribution is -0.128. The third-order valence-electron chi connectivity index (χ3n) is 4.56. The molecular weight excluding hydrogens is 306 g/mol. The molecule has 1 aliphatic rings. The van der Waals surface area contributed by atoms with Gasteiger partial charge < -0.3 is 15.8 Å². The number of nitrogens with one attached hydrogen (secondary N) is 1. The number of anilines is 1. The summed E-state index contributed by atoms with van der Waals surface area (Å²) in [6.45, 7) is 0.731. The highest BCUT2D eigenvalue weighted by molar-refractivity contribution is 5.93. The van der Waals surface area contributed by atoms with Gasteiger partial charge in [0.05, 0.1) is 7.11 Å². The normalized spacial score (nSPS) is 14.4. The van der Waals surface area contributed by atoms with E-state index < -0.39 is 6.03 Å². The predicted molar refractivity (Wildman–Crippen MR) is 94.0 cm³/mol. The predicted octanol–water partition coefficient (Wildman–Crippen LogP) is 2.98. The van der Waals surface area contributed by atoms with Gasteiger partial charge in [-0.05, 0) is 36.6 Å². The van der Waals surface area contributed by atoms with E-state index in [4.69, 9.17) is 10.5 Å². The summed E-state index contributed by atoms with van der Waals surface area (Å²) in [7, 11) is 1.62. The fraction of sp³-hybridized carbons (Fsp3) is 0.556. The van der Waals surface area contributed by atoms with E-state index in [1.54, 1.807) is 7.11 Å². The highest BCUT2D eigenvalue weighted by atomic mass is 16.5. The molecule has 0 saturated heterocycles. The molecule has 1 aromatic carbocycles. The Morgan fingerprint density at radius 3 is 2.50 bits per heavy atom. The average Bonchev–Trinajstić information content (AvgIpc) is 3.10. The van der Waals surface area contributed by atoms with Crippen molar-refractivity contribution in [3.05, 3.63) is 24.3 Å². The number of hydrogen-bond acceptors (Lipinski definition) is 4. The molecule has 0 radical (unpaired) electrons. The summed E-state index contributed by atoms with van der Waals surface area (Å²) >= 11 is 0. The van der Waals surface area contributed by atoms with Gasteiger partial charge in [0.15, 0.2) is 0 Å². The topological polar surface area (TPSA) is 84.7 Å². The summed E-state index contributed by atoms with van der Waals surface area (Å²) in [5.74, 6) is 1.23. The number of hydrogen-bond donors (Lipinski definition) is 2. The molecule has 6 nitrogen and oxygen atoms in total. The zero-order valence-electron chi connectivity index (χ0n) is 14.3. The van der Waals surface area contributed by atoms with Crippen LogP contribution in [0.5, 0.6) is 5.75 Å². The van der Waals surface area contributed by atoms with Crippen molar-refractivity contribution >= 4 is 17.6 Å². The molecule has 24 heavy (non-hydrogen) atoms. The number of imide groups is 1. The van der Waals surface area contributed by atoms with Crippen LogP contribution in [0.2, 0.25) is 0 Å². The molecule has 0 aliphatic heterocycles. The zero-order valence-corrected chi connectivity index (χ0v) is 14.3. The van der Waals surface area contributed by atoms with Crippen LogP contribution < -0.4 is 15.8 Å². The van der Waals surface area contributed by atoms with Crippen LogP contribution in [0, 0.1) is 5.92 Å². The Kier molecular flexibility index (Phi) is 6.90. The summed E-state index contributed by atoms with van der Waals surface area (Å²) in [4.78, 5) is 24.9. The molecule has 1 aliphatic carbocycles. The number of urea groups is 1. The van der Waals surface area contributed by atoms with Gasteiger partial charge in [-0.1, -0.05) is 25.7 Å². The maximum atomic E-state index is 12.2. The fourth-order valence-corrected chi connectivity index (χ4v) is 3.14. The van der Waals surface area contributed by atoms with Crippen LogP contribution in [-0.4, -0.2) is 37.0 Å². The minimum absolute atomic E-state index is 0.175. The molecule has 2 rings (SSSR count). The monoisotopic (exact) mass is 333 g/mol. The lowest BCUT2D eigenvalue weighted by Gasteiger charge is -2.20. The van der Waals surface area contributed by atoms with Crippen LogP contribution in [0.3, 0.4) is 0 Å². The lowest BCUT2D eigenvalue weighted by atomic mass is 10.0. The SMILES string of the molecule is COc1ccc(NCCN(C(N)=O)C(=O)CCC2CCCC2)cc1. The van der Waals surface area contributed by atoms with Gasteiger partial charge in [0.1, 0.15) is 5.75 Å². The number of ether oxygens (including phenoxy) is 1. The first-order chi connectivity index (χ1) is 11.6. The zero-order chi connectivity index (χ0) is 17.4. The van der Waals surface area contributed by atoms with Crippen molar-refractivity contribution in [2.75, 3.05) is 25.5 Å². The summed E-state index contributed by atoms with van der Waals surface area (Å²) in [6.07, 6.45) is 6.16. The van der Waals surface area contributed by atoms with Crippen molar-refractivity contribution in [1.29, 1.82) is 0 Å². The van der Waals surface area contributed by atoms with E-state index in [-0.39, 0.29) is 12.5 Å². The van der Waals surface area contributed by atoms with Gasteiger partial charge in [-0.25, -0.2) is 4.79 Å². The summed E-state index contributed by atoms with van der Waals surface area (Å²) in [5.41, 5.74) is 6.26. The highest BCUT2D eigenvalue weighted by Crippen LogP contribution is 2.28. The molecule has 0 atom stereocenters. The second-order valence-electron chi connectivity index (χ2n) is 6.23. The third kappa shape index (κ3) is 5.44. The van der Waals surface area contributed by atoms with Crippen molar-refractivity contribution in [2.24, 2.45) is 11.7 Å². The molecule has 0 heterocycles. The number of carbonyl (C=O) groups excluding carboxylic acids is 2. The van der Waals surface area contributed by atoms with Gasteiger partial charge in [0.25, 0.3) is 0 Å². The molecule has 3 amide bonds. The highest BCUT2D eigenvalue weighted by Gasteiger charge is 2.21. The fourth-order valence-electron chi connectivity index (χ4n) is 3.14. The molecule has 1 saturated carbocycles. The number of benzene rings is 1. The Bertz CT molecular complexity index is 539. The van der Waals surface area contributed by atoms with Crippen LogP contribution in [0.15, 0.2) is 24.3 Å². The van der Waals surface area contributed by atoms with Gasteiger partial charge in [-0.3, -0.25) is 9.69 Å². The molecule has 0 spiro atoms. The van der Waals surface area contributed by atoms with Crippen LogP contribution >= 0.6 is 0 Å². The Hall–Kier alpha value is -2.24. The molecule has 132 valence electrons. The largest absolute Gasteiger partial charge is 0.497 e. The minimum Gasteiger partial charge on any atom is -0.497 e. The maximum Gasteiger partial charge on any atom is 0.321 e. The van der Waals surface area contributed by atoms with E-state index >= 15 is 0 Å². The van der Waals surface area contributed by atoms with Gasteiger partial charge >= 0.3 is 6.03 Å². The van der Waals surface area contributed by atoms with Gasteiger partial charge in [-0.2, -0.15) is 0 Å². The van der Waals surface area contributed by atoms with Crippen LogP contribution in [0.25, 0.3) is 0 Å². The number of rotatable bonds is 8. The van der Waals surface area contributed by atoms with E-state index in [1.807, 2.05) is 24.3 Å². The first-order valence-corrected chi connectivity index (χ1v) is 8.58. The number of carbonyl (C=O) groups is 2. The first kappa shape index (κ1) is 18.1. The van der Waals surface area contributed by atoms with Crippen molar-refractivity contribution in [3.8, 4) is 5.75 Å². The molecule has 0 bridgehead atoms. The average molecular weight is 333 g/mol. The number of primary amides is 1. The standard InChI is InChI=1S/C18H27N3O3/c1-24-16-9-7-15(8-10-16)20-12-13-21(18(19)23)17(22)11-6-14-4-2-3-5-14/h7-10,14,20H,2-6,11-13H2,1H3,(H2,19,23). The molecule has 3 N–H and O–H groups in total. The van der Waals surface area contributed by atoms with Gasteiger partial charge in [0.2, 0.25) is 5.91 Å². The summed E-state index contributed by atoms with van der Waals surface area (Å²) in [5, 5.41) is 3.18. The van der Waals surface area contributed by atoms with Crippen LogP contribution in [-0.2, 0) is 4.79 Å². The molecule has 6 heteroatoms. The molecule has 1 fully saturated rings. The van der Waals surface area contributed by atoms with Crippen molar-refractivity contribution in [2.45, 2.75) is 38.5 Å².